The van der Waals surface area contributed by atoms with Crippen molar-refractivity contribution in [3.05, 3.63) is 36.0 Å². The van der Waals surface area contributed by atoms with Gasteiger partial charge in [0.1, 0.15) is 0 Å². The summed E-state index contributed by atoms with van der Waals surface area (Å²) in [5, 5.41) is 4.37. The molecule has 2 aromatic rings. The second-order valence-corrected chi connectivity index (χ2v) is 6.88. The first-order valence-electron chi connectivity index (χ1n) is 9.58. The Morgan fingerprint density at radius 2 is 1.96 bits per heavy atom. The second-order valence-electron chi connectivity index (χ2n) is 6.88. The lowest BCUT2D eigenvalue weighted by atomic mass is 10.1. The number of fused-ring (bicyclic) bond motifs is 1. The van der Waals surface area contributed by atoms with Gasteiger partial charge in [0.25, 0.3) is 0 Å². The monoisotopic (exact) mass is 342 g/mol. The number of rotatable bonds is 7. The molecule has 5 heteroatoms. The standard InChI is InChI=1S/C20H30N4O/c1-2-3-6-10-21-20(25)24-14-12-23(13-15-24)11-9-17-16-22-19-8-5-4-7-18(17)19/h4-5,7-8,16,22H,2-3,6,9-15H2,1H3,(H,21,25). The van der Waals surface area contributed by atoms with Crippen molar-refractivity contribution in [2.24, 2.45) is 0 Å². The number of unbranched alkanes of at least 4 members (excludes halogenated alkanes) is 2. The molecule has 1 aromatic heterocycles. The van der Waals surface area contributed by atoms with Crippen LogP contribution in [0.3, 0.4) is 0 Å². The van der Waals surface area contributed by atoms with Crippen LogP contribution in [0.25, 0.3) is 10.9 Å². The third-order valence-corrected chi connectivity index (χ3v) is 5.09. The van der Waals surface area contributed by atoms with Crippen LogP contribution in [0.1, 0.15) is 31.7 Å². The zero-order chi connectivity index (χ0) is 17.5. The lowest BCUT2D eigenvalue weighted by molar-refractivity contribution is 0.140. The summed E-state index contributed by atoms with van der Waals surface area (Å²) in [5.74, 6) is 0. The van der Waals surface area contributed by atoms with Crippen molar-refractivity contribution in [3.63, 3.8) is 0 Å². The molecular formula is C20H30N4O. The van der Waals surface area contributed by atoms with Crippen molar-refractivity contribution >= 4 is 16.9 Å². The number of nitrogens with one attached hydrogen (secondary N) is 2. The van der Waals surface area contributed by atoms with E-state index in [1.54, 1.807) is 0 Å². The van der Waals surface area contributed by atoms with E-state index in [2.05, 4.69) is 52.6 Å². The van der Waals surface area contributed by atoms with Crippen LogP contribution in [0.15, 0.2) is 30.5 Å². The molecule has 0 bridgehead atoms. The first-order valence-corrected chi connectivity index (χ1v) is 9.58. The Hall–Kier alpha value is -2.01. The zero-order valence-electron chi connectivity index (χ0n) is 15.3. The van der Waals surface area contributed by atoms with Gasteiger partial charge < -0.3 is 15.2 Å². The number of carbonyl (C=O) groups excluding carboxylic acids is 1. The number of urea groups is 1. The SMILES string of the molecule is CCCCCNC(=O)N1CCN(CCc2c[nH]c3ccccc23)CC1. The van der Waals surface area contributed by atoms with Crippen molar-refractivity contribution in [2.45, 2.75) is 32.6 Å². The molecule has 0 aliphatic carbocycles. The molecule has 5 nitrogen and oxygen atoms in total. The Balaban J connectivity index is 1.40. The molecule has 3 rings (SSSR count). The molecule has 1 saturated heterocycles. The van der Waals surface area contributed by atoms with Crippen LogP contribution >= 0.6 is 0 Å². The summed E-state index contributed by atoms with van der Waals surface area (Å²) in [7, 11) is 0. The quantitative estimate of drug-likeness (QED) is 0.759. The van der Waals surface area contributed by atoms with E-state index in [9.17, 15) is 4.79 Å². The summed E-state index contributed by atoms with van der Waals surface area (Å²) in [4.78, 5) is 19.9. The predicted octanol–water partition coefficient (Wildman–Crippen LogP) is 3.23. The number of H-pyrrole nitrogens is 1. The van der Waals surface area contributed by atoms with Crippen molar-refractivity contribution < 1.29 is 4.79 Å². The molecule has 2 N–H and O–H groups in total. The van der Waals surface area contributed by atoms with Crippen molar-refractivity contribution in [1.82, 2.24) is 20.1 Å². The van der Waals surface area contributed by atoms with E-state index in [0.717, 1.165) is 52.1 Å². The van der Waals surface area contributed by atoms with Crippen LogP contribution in [0, 0.1) is 0 Å². The Labute approximate surface area is 150 Å². The largest absolute Gasteiger partial charge is 0.361 e. The second kappa shape index (κ2) is 8.90. The third kappa shape index (κ3) is 4.75. The van der Waals surface area contributed by atoms with Crippen LogP contribution in [0.5, 0.6) is 0 Å². The predicted molar refractivity (Wildman–Crippen MR) is 103 cm³/mol. The molecule has 2 amide bonds. The van der Waals surface area contributed by atoms with Gasteiger partial charge in [0.05, 0.1) is 0 Å². The summed E-state index contributed by atoms with van der Waals surface area (Å²) >= 11 is 0. The summed E-state index contributed by atoms with van der Waals surface area (Å²) in [5.41, 5.74) is 2.59. The highest BCUT2D eigenvalue weighted by Gasteiger charge is 2.20. The minimum absolute atomic E-state index is 0.104. The lowest BCUT2D eigenvalue weighted by Gasteiger charge is -2.34. The van der Waals surface area contributed by atoms with E-state index in [1.165, 1.54) is 29.3 Å². The average Bonchev–Trinajstić information content (AvgIpc) is 3.07. The number of nitrogens with zero attached hydrogens (tertiary/aromatic N) is 2. The minimum Gasteiger partial charge on any atom is -0.361 e. The molecular weight excluding hydrogens is 312 g/mol. The smallest absolute Gasteiger partial charge is 0.317 e. The Kier molecular flexibility index (Phi) is 6.34. The zero-order valence-corrected chi connectivity index (χ0v) is 15.3. The number of amides is 2. The summed E-state index contributed by atoms with van der Waals surface area (Å²) in [6.45, 7) is 7.61. The van der Waals surface area contributed by atoms with Crippen LogP contribution in [-0.4, -0.2) is 60.1 Å². The van der Waals surface area contributed by atoms with Gasteiger partial charge in [-0.1, -0.05) is 38.0 Å². The number of piperazine rings is 1. The number of carbonyl (C=O) groups is 1. The molecule has 1 aromatic carbocycles. The van der Waals surface area contributed by atoms with E-state index < -0.39 is 0 Å². The highest BCUT2D eigenvalue weighted by atomic mass is 16.2. The maximum atomic E-state index is 12.2. The summed E-state index contributed by atoms with van der Waals surface area (Å²) in [6.07, 6.45) is 6.62. The highest BCUT2D eigenvalue weighted by Crippen LogP contribution is 2.18. The fraction of sp³-hybridized carbons (Fsp3) is 0.550. The molecule has 25 heavy (non-hydrogen) atoms. The molecule has 0 spiro atoms. The molecule has 1 fully saturated rings. The van der Waals surface area contributed by atoms with Gasteiger partial charge in [-0.3, -0.25) is 4.90 Å². The molecule has 1 aliphatic heterocycles. The lowest BCUT2D eigenvalue weighted by Crippen LogP contribution is -2.52. The number of aromatic nitrogens is 1. The number of para-hydroxylation sites is 1. The normalized spacial score (nSPS) is 15.6. The fourth-order valence-corrected chi connectivity index (χ4v) is 3.47. The summed E-state index contributed by atoms with van der Waals surface area (Å²) in [6, 6.07) is 8.57. The maximum Gasteiger partial charge on any atom is 0.317 e. The van der Waals surface area contributed by atoms with Gasteiger partial charge in [0.15, 0.2) is 0 Å². The van der Waals surface area contributed by atoms with E-state index in [4.69, 9.17) is 0 Å². The Morgan fingerprint density at radius 3 is 2.76 bits per heavy atom. The number of benzene rings is 1. The van der Waals surface area contributed by atoms with E-state index in [0.29, 0.717) is 0 Å². The molecule has 0 atom stereocenters. The van der Waals surface area contributed by atoms with Crippen LogP contribution in [0.4, 0.5) is 4.79 Å². The van der Waals surface area contributed by atoms with Crippen molar-refractivity contribution in [1.29, 1.82) is 0 Å². The van der Waals surface area contributed by atoms with E-state index >= 15 is 0 Å². The molecule has 0 unspecified atom stereocenters. The maximum absolute atomic E-state index is 12.2. The van der Waals surface area contributed by atoms with Crippen LogP contribution < -0.4 is 5.32 Å². The van der Waals surface area contributed by atoms with Gasteiger partial charge in [-0.2, -0.15) is 0 Å². The molecule has 0 radical (unpaired) electrons. The fourth-order valence-electron chi connectivity index (χ4n) is 3.47. The summed E-state index contributed by atoms with van der Waals surface area (Å²) < 4.78 is 0. The van der Waals surface area contributed by atoms with Gasteiger partial charge in [-0.25, -0.2) is 4.79 Å². The molecule has 2 heterocycles. The van der Waals surface area contributed by atoms with E-state index in [1.807, 2.05) is 4.90 Å². The van der Waals surface area contributed by atoms with Gasteiger partial charge in [0.2, 0.25) is 0 Å². The van der Waals surface area contributed by atoms with Gasteiger partial charge in [-0.15, -0.1) is 0 Å². The first-order chi connectivity index (χ1) is 12.3. The van der Waals surface area contributed by atoms with Gasteiger partial charge in [-0.05, 0) is 24.5 Å². The first kappa shape index (κ1) is 17.8. The van der Waals surface area contributed by atoms with Crippen LogP contribution in [-0.2, 0) is 6.42 Å². The number of aromatic amines is 1. The molecule has 0 saturated carbocycles. The highest BCUT2D eigenvalue weighted by molar-refractivity contribution is 5.83. The molecule has 1 aliphatic rings. The molecule has 136 valence electrons. The van der Waals surface area contributed by atoms with E-state index in [-0.39, 0.29) is 6.03 Å². The average molecular weight is 342 g/mol. The number of hydrogen-bond donors (Lipinski definition) is 2. The van der Waals surface area contributed by atoms with Crippen molar-refractivity contribution in [3.8, 4) is 0 Å². The van der Waals surface area contributed by atoms with Gasteiger partial charge >= 0.3 is 6.03 Å². The third-order valence-electron chi connectivity index (χ3n) is 5.09. The topological polar surface area (TPSA) is 51.4 Å². The van der Waals surface area contributed by atoms with Gasteiger partial charge in [0, 0.05) is 56.4 Å². The number of hydrogen-bond acceptors (Lipinski definition) is 2. The minimum atomic E-state index is 0.104. The Bertz CT molecular complexity index is 673. The van der Waals surface area contributed by atoms with Crippen LogP contribution in [0.2, 0.25) is 0 Å². The van der Waals surface area contributed by atoms with Crippen molar-refractivity contribution in [2.75, 3.05) is 39.3 Å². The Morgan fingerprint density at radius 1 is 1.16 bits per heavy atom.